The second kappa shape index (κ2) is 14.7. The fourth-order valence-electron chi connectivity index (χ4n) is 14.6. The minimum atomic E-state index is -0.497. The molecule has 15 rings (SSSR count). The number of allylic oxidation sites excluding steroid dienone is 4. The summed E-state index contributed by atoms with van der Waals surface area (Å²) >= 11 is 1.89. The Morgan fingerprint density at radius 2 is 1.06 bits per heavy atom. The van der Waals surface area contributed by atoms with E-state index >= 15 is 0 Å². The van der Waals surface area contributed by atoms with Crippen molar-refractivity contribution < 1.29 is 0 Å². The second-order valence-electron chi connectivity index (χ2n) is 23.5. The molecule has 5 aliphatic carbocycles. The first-order chi connectivity index (χ1) is 34.9. The highest BCUT2D eigenvalue weighted by Gasteiger charge is 2.53. The van der Waals surface area contributed by atoms with Gasteiger partial charge in [0.1, 0.15) is 0 Å². The van der Waals surface area contributed by atoms with Gasteiger partial charge in [-0.3, -0.25) is 0 Å². The predicted octanol–water partition coefficient (Wildman–Crippen LogP) is 19.0. The molecule has 1 nitrogen and oxygen atoms in total. The maximum Gasteiger partial charge on any atom is 0.0746 e. The van der Waals surface area contributed by atoms with Gasteiger partial charge in [0, 0.05) is 43.0 Å². The maximum atomic E-state index is 2.64. The van der Waals surface area contributed by atoms with Crippen molar-refractivity contribution in [3.05, 3.63) is 250 Å². The second-order valence-corrected chi connectivity index (χ2v) is 24.5. The lowest BCUT2D eigenvalue weighted by Gasteiger charge is -2.42. The molecular formula is C70H57NS. The smallest absolute Gasteiger partial charge is 0.0746 e. The predicted molar refractivity (Wildman–Crippen MR) is 306 cm³/mol. The van der Waals surface area contributed by atoms with Gasteiger partial charge in [-0.25, -0.2) is 0 Å². The molecule has 1 spiro atoms. The van der Waals surface area contributed by atoms with E-state index in [0.717, 1.165) is 11.4 Å². The highest BCUT2D eigenvalue weighted by Crippen LogP contribution is 2.66. The summed E-state index contributed by atoms with van der Waals surface area (Å²) in [5, 5.41) is 5.10. The van der Waals surface area contributed by atoms with E-state index in [0.29, 0.717) is 11.8 Å². The molecule has 0 radical (unpaired) electrons. The average Bonchev–Trinajstić information content (AvgIpc) is 4.09. The first-order valence-corrected chi connectivity index (χ1v) is 27.0. The summed E-state index contributed by atoms with van der Waals surface area (Å²) in [6.45, 7) is 14.8. The van der Waals surface area contributed by atoms with E-state index in [1.807, 2.05) is 11.3 Å². The fraction of sp³-hybridized carbons (Fsp3) is 0.200. The molecule has 2 heteroatoms. The Balaban J connectivity index is 0.882. The van der Waals surface area contributed by atoms with Crippen molar-refractivity contribution >= 4 is 64.9 Å². The van der Waals surface area contributed by atoms with Crippen LogP contribution in [0.5, 0.6) is 0 Å². The van der Waals surface area contributed by atoms with Gasteiger partial charge in [0.2, 0.25) is 0 Å². The van der Waals surface area contributed by atoms with Crippen molar-refractivity contribution in [3.8, 4) is 22.3 Å². The summed E-state index contributed by atoms with van der Waals surface area (Å²) in [5.74, 6) is 0.788. The van der Waals surface area contributed by atoms with Crippen LogP contribution in [0.4, 0.5) is 17.1 Å². The van der Waals surface area contributed by atoms with Crippen LogP contribution in [-0.4, -0.2) is 0 Å². The molecule has 1 aromatic heterocycles. The van der Waals surface area contributed by atoms with E-state index in [1.54, 1.807) is 22.3 Å². The van der Waals surface area contributed by atoms with Crippen LogP contribution in [0.2, 0.25) is 0 Å². The molecule has 2 unspecified atom stereocenters. The normalized spacial score (nSPS) is 19.6. The van der Waals surface area contributed by atoms with Crippen LogP contribution >= 0.6 is 11.3 Å². The van der Waals surface area contributed by atoms with E-state index in [-0.39, 0.29) is 16.2 Å². The lowest BCUT2D eigenvalue weighted by Crippen LogP contribution is -2.34. The summed E-state index contributed by atoms with van der Waals surface area (Å²) in [6.07, 6.45) is 10.0. The van der Waals surface area contributed by atoms with Gasteiger partial charge >= 0.3 is 0 Å². The molecule has 9 aromatic carbocycles. The number of hydrogen-bond donors (Lipinski definition) is 0. The first kappa shape index (κ1) is 42.4. The lowest BCUT2D eigenvalue weighted by molar-refractivity contribution is 0.331. The number of fused-ring (bicyclic) bond motifs is 18. The molecule has 0 saturated carbocycles. The van der Waals surface area contributed by atoms with E-state index < -0.39 is 5.41 Å². The van der Waals surface area contributed by atoms with Crippen LogP contribution in [0.1, 0.15) is 110 Å². The molecule has 0 bridgehead atoms. The van der Waals surface area contributed by atoms with Crippen molar-refractivity contribution in [3.63, 3.8) is 0 Å². The lowest BCUT2D eigenvalue weighted by atomic mass is 9.62. The van der Waals surface area contributed by atoms with Crippen molar-refractivity contribution in [1.82, 2.24) is 0 Å². The Bertz CT molecular complexity index is 3990. The van der Waals surface area contributed by atoms with Crippen molar-refractivity contribution in [1.29, 1.82) is 0 Å². The van der Waals surface area contributed by atoms with Crippen LogP contribution in [0, 0.1) is 5.92 Å². The molecule has 5 aliphatic rings. The molecule has 348 valence electrons. The van der Waals surface area contributed by atoms with Crippen molar-refractivity contribution in [2.45, 2.75) is 82.0 Å². The quantitative estimate of drug-likeness (QED) is 0.170. The van der Waals surface area contributed by atoms with E-state index in [4.69, 9.17) is 0 Å². The summed E-state index contributed by atoms with van der Waals surface area (Å²) < 4.78 is 2.61. The van der Waals surface area contributed by atoms with Gasteiger partial charge in [-0.2, -0.15) is 0 Å². The minimum absolute atomic E-state index is 0.0248. The summed E-state index contributed by atoms with van der Waals surface area (Å²) in [5.41, 5.74) is 22.9. The van der Waals surface area contributed by atoms with Crippen LogP contribution in [0.25, 0.3) is 58.8 Å². The zero-order chi connectivity index (χ0) is 48.5. The molecule has 0 amide bonds. The first-order valence-electron chi connectivity index (χ1n) is 26.2. The largest absolute Gasteiger partial charge is 0.310 e. The van der Waals surface area contributed by atoms with Gasteiger partial charge in [0.25, 0.3) is 0 Å². The highest BCUT2D eigenvalue weighted by atomic mass is 32.1. The number of benzene rings is 9. The average molecular weight is 944 g/mol. The van der Waals surface area contributed by atoms with Gasteiger partial charge in [-0.1, -0.05) is 199 Å². The fourth-order valence-corrected chi connectivity index (χ4v) is 15.8. The SMILES string of the molecule is CC1(C)CCC(C)(C)c2cc3c(cc21)C1C=CC(c2ccc4cc(N(c5ccc6c(c5)sc5ccccc56)c5cccc6c5C5(c7ccccc7-c7ccccc75)c5ccccc5-6)ccc4c2)=CC1C3(C)C. The summed E-state index contributed by atoms with van der Waals surface area (Å²) in [4.78, 5) is 2.57. The molecule has 0 saturated heterocycles. The Kier molecular flexibility index (Phi) is 8.65. The van der Waals surface area contributed by atoms with Gasteiger partial charge in [0.05, 0.1) is 11.1 Å². The molecule has 0 N–H and O–H groups in total. The molecular weight excluding hydrogens is 887 g/mol. The van der Waals surface area contributed by atoms with E-state index in [9.17, 15) is 0 Å². The van der Waals surface area contributed by atoms with Crippen LogP contribution in [0.3, 0.4) is 0 Å². The van der Waals surface area contributed by atoms with E-state index in [2.05, 4.69) is 247 Å². The number of anilines is 3. The molecule has 10 aromatic rings. The molecule has 2 atom stereocenters. The monoisotopic (exact) mass is 943 g/mol. The molecule has 72 heavy (non-hydrogen) atoms. The van der Waals surface area contributed by atoms with Gasteiger partial charge < -0.3 is 4.90 Å². The number of thiophene rings is 1. The Morgan fingerprint density at radius 1 is 0.472 bits per heavy atom. The third-order valence-electron chi connectivity index (χ3n) is 18.4. The zero-order valence-electron chi connectivity index (χ0n) is 42.0. The van der Waals surface area contributed by atoms with Crippen molar-refractivity contribution in [2.75, 3.05) is 4.90 Å². The summed E-state index contributed by atoms with van der Waals surface area (Å²) in [6, 6.07) is 70.1. The molecule has 0 fully saturated rings. The van der Waals surface area contributed by atoms with Crippen LogP contribution in [0.15, 0.2) is 200 Å². The third kappa shape index (κ3) is 5.65. The van der Waals surface area contributed by atoms with E-state index in [1.165, 1.54) is 105 Å². The standard InChI is InChI=1S/C70H57NS/c1-67(2)34-35-68(3,4)62-41-60-55(40-61(62)67)51-32-29-45(38-59(51)69(60,5)6)42-26-27-44-37-46(30-28-43(44)36-42)71(47-31-33-53-52-19-10-14-25-64(52)72-65(53)39-47)63-24-15-20-54-50-18-9-13-23-58(50)70(66(54)63)56-21-11-7-16-48(56)49-17-8-12-22-57(49)70/h7-33,36-41,51,59H,34-35H2,1-6H3. The number of rotatable bonds is 4. The van der Waals surface area contributed by atoms with Crippen LogP contribution in [-0.2, 0) is 21.7 Å². The molecule has 1 heterocycles. The maximum absolute atomic E-state index is 2.64. The van der Waals surface area contributed by atoms with Crippen molar-refractivity contribution in [2.24, 2.45) is 5.92 Å². The van der Waals surface area contributed by atoms with Gasteiger partial charge in [-0.05, 0) is 161 Å². The Morgan fingerprint density at radius 3 is 1.79 bits per heavy atom. The Hall–Kier alpha value is -7.26. The number of nitrogens with zero attached hydrogens (tertiary/aromatic N) is 1. The topological polar surface area (TPSA) is 3.24 Å². The van der Waals surface area contributed by atoms with Crippen LogP contribution < -0.4 is 4.90 Å². The zero-order valence-corrected chi connectivity index (χ0v) is 42.8. The number of hydrogen-bond acceptors (Lipinski definition) is 2. The van der Waals surface area contributed by atoms with Gasteiger partial charge in [-0.15, -0.1) is 11.3 Å². The minimum Gasteiger partial charge on any atom is -0.310 e. The highest BCUT2D eigenvalue weighted by molar-refractivity contribution is 7.25. The third-order valence-corrected chi connectivity index (χ3v) is 19.5. The molecule has 0 aliphatic heterocycles. The Labute approximate surface area is 427 Å². The summed E-state index contributed by atoms with van der Waals surface area (Å²) in [7, 11) is 0. The van der Waals surface area contributed by atoms with Gasteiger partial charge in [0.15, 0.2) is 0 Å².